The molecule has 0 fully saturated rings. The van der Waals surface area contributed by atoms with Crippen LogP contribution >= 0.6 is 0 Å². The number of hydrogen-bond acceptors (Lipinski definition) is 2. The number of hydrogen-bond donors (Lipinski definition) is 2. The lowest BCUT2D eigenvalue weighted by Gasteiger charge is -2.15. The highest BCUT2D eigenvalue weighted by molar-refractivity contribution is 7.90. The fourth-order valence-electron chi connectivity index (χ4n) is 3.74. The van der Waals surface area contributed by atoms with E-state index in [1.165, 1.54) is 11.1 Å². The molecular formula is C30H44N2O2S2. The molecule has 0 heterocycles. The van der Waals surface area contributed by atoms with E-state index in [9.17, 15) is 8.42 Å². The van der Waals surface area contributed by atoms with E-state index in [2.05, 4.69) is 61.1 Å². The van der Waals surface area contributed by atoms with Crippen LogP contribution in [0.2, 0.25) is 0 Å². The summed E-state index contributed by atoms with van der Waals surface area (Å²) in [5, 5.41) is 0. The van der Waals surface area contributed by atoms with E-state index in [0.29, 0.717) is 10.7 Å². The predicted octanol–water partition coefficient (Wildman–Crippen LogP) is 7.81. The van der Waals surface area contributed by atoms with Gasteiger partial charge in [-0.3, -0.25) is 0 Å². The molecule has 1 aromatic carbocycles. The maximum Gasteiger partial charge on any atom is 0.149 e. The summed E-state index contributed by atoms with van der Waals surface area (Å²) in [6, 6.07) is 4.20. The largest absolute Gasteiger partial charge is 0.305 e. The van der Waals surface area contributed by atoms with Gasteiger partial charge in [-0.2, -0.15) is 0 Å². The van der Waals surface area contributed by atoms with Crippen LogP contribution in [0.3, 0.4) is 0 Å². The average molecular weight is 529 g/mol. The quantitative estimate of drug-likeness (QED) is 0.257. The Morgan fingerprint density at radius 3 is 2.31 bits per heavy atom. The van der Waals surface area contributed by atoms with E-state index in [1.54, 1.807) is 6.08 Å². The van der Waals surface area contributed by atoms with Gasteiger partial charge in [-0.1, -0.05) is 79.1 Å². The predicted molar refractivity (Wildman–Crippen MR) is 161 cm³/mol. The van der Waals surface area contributed by atoms with E-state index in [4.69, 9.17) is 0 Å². The third-order valence-electron chi connectivity index (χ3n) is 5.69. The lowest BCUT2D eigenvalue weighted by Crippen LogP contribution is -2.21. The third kappa shape index (κ3) is 10.3. The second-order valence-corrected chi connectivity index (χ2v) is 11.6. The number of allylic oxidation sites excluding steroid dienone is 8. The normalized spacial score (nSPS) is 14.5. The second kappa shape index (κ2) is 15.6. The number of rotatable bonds is 13. The molecule has 2 unspecified atom stereocenters. The fraction of sp³-hybridized carbons (Fsp3) is 0.400. The number of aryl methyl sites for hydroxylation is 3. The Balaban J connectivity index is 2.82. The van der Waals surface area contributed by atoms with Crippen molar-refractivity contribution in [3.63, 3.8) is 0 Å². The first-order valence-electron chi connectivity index (χ1n) is 12.4. The van der Waals surface area contributed by atoms with Crippen LogP contribution in [0.5, 0.6) is 0 Å². The Hall–Kier alpha value is -2.44. The van der Waals surface area contributed by atoms with E-state index in [-0.39, 0.29) is 0 Å². The second-order valence-electron chi connectivity index (χ2n) is 9.19. The van der Waals surface area contributed by atoms with Gasteiger partial charge in [0.15, 0.2) is 0 Å². The van der Waals surface area contributed by atoms with E-state index in [1.807, 2.05) is 53.7 Å². The van der Waals surface area contributed by atoms with Gasteiger partial charge in [0.1, 0.15) is 22.0 Å². The third-order valence-corrected chi connectivity index (χ3v) is 7.84. The molecule has 0 saturated heterocycles. The Bertz CT molecular complexity index is 1150. The van der Waals surface area contributed by atoms with Crippen molar-refractivity contribution in [2.24, 2.45) is 0 Å². The van der Waals surface area contributed by atoms with Crippen molar-refractivity contribution in [3.8, 4) is 0 Å². The maximum absolute atomic E-state index is 12.8. The summed E-state index contributed by atoms with van der Waals surface area (Å²) < 4.78 is 31.9. The van der Waals surface area contributed by atoms with Crippen LogP contribution in [0.1, 0.15) is 71.6 Å². The number of anilines is 1. The molecule has 0 saturated carbocycles. The molecule has 2 N–H and O–H groups in total. The molecule has 198 valence electrons. The zero-order chi connectivity index (χ0) is 27.4. The minimum Gasteiger partial charge on any atom is -0.305 e. The molecule has 0 spiro atoms. The summed E-state index contributed by atoms with van der Waals surface area (Å²) in [5.41, 5.74) is 9.58. The van der Waals surface area contributed by atoms with Crippen LogP contribution in [0.4, 0.5) is 5.69 Å². The van der Waals surface area contributed by atoms with Crippen molar-refractivity contribution in [3.05, 3.63) is 98.7 Å². The monoisotopic (exact) mass is 528 g/mol. The Morgan fingerprint density at radius 2 is 1.75 bits per heavy atom. The standard InChI is InChI=1S/C30H44N2O2S2/c1-11-27(12-2)19-25(9)29(21(4)5)31-35(33)20-22(6)15-14-16-26(10)36(34)32-30-24(8)17-23(7)18-28(30)13-3/h11,14-19,31-32H,10,12-13,20H2,1-9H3/b16-14-,22-15+,25-19-,27-11-. The summed E-state index contributed by atoms with van der Waals surface area (Å²) in [7, 11) is -2.71. The zero-order valence-electron chi connectivity index (χ0n) is 23.5. The van der Waals surface area contributed by atoms with Crippen LogP contribution < -0.4 is 9.44 Å². The summed E-state index contributed by atoms with van der Waals surface area (Å²) in [5.74, 6) is 0.384. The summed E-state index contributed by atoms with van der Waals surface area (Å²) in [6.07, 6.45) is 11.5. The van der Waals surface area contributed by atoms with Crippen molar-refractivity contribution < 1.29 is 8.42 Å². The van der Waals surface area contributed by atoms with Crippen molar-refractivity contribution in [1.29, 1.82) is 0 Å². The van der Waals surface area contributed by atoms with E-state index >= 15 is 0 Å². The smallest absolute Gasteiger partial charge is 0.149 e. The molecular weight excluding hydrogens is 484 g/mol. The molecule has 0 bridgehead atoms. The first-order valence-corrected chi connectivity index (χ1v) is 14.9. The molecule has 0 aromatic heterocycles. The topological polar surface area (TPSA) is 58.2 Å². The number of benzene rings is 1. The molecule has 4 nitrogen and oxygen atoms in total. The van der Waals surface area contributed by atoms with Gasteiger partial charge in [-0.25, -0.2) is 8.42 Å². The molecule has 0 radical (unpaired) electrons. The minimum absolute atomic E-state index is 0.384. The van der Waals surface area contributed by atoms with Crippen molar-refractivity contribution in [2.75, 3.05) is 10.5 Å². The molecule has 0 aliphatic rings. The molecule has 0 amide bonds. The van der Waals surface area contributed by atoms with E-state index in [0.717, 1.165) is 52.1 Å². The first kappa shape index (κ1) is 31.6. The minimum atomic E-state index is -1.44. The Kier molecular flexibility index (Phi) is 13.7. The van der Waals surface area contributed by atoms with Crippen molar-refractivity contribution in [2.45, 2.75) is 75.2 Å². The van der Waals surface area contributed by atoms with Gasteiger partial charge < -0.3 is 9.44 Å². The maximum atomic E-state index is 12.8. The van der Waals surface area contributed by atoms with Gasteiger partial charge in [0.2, 0.25) is 0 Å². The van der Waals surface area contributed by atoms with Crippen LogP contribution in [0.25, 0.3) is 0 Å². The molecule has 2 atom stereocenters. The van der Waals surface area contributed by atoms with Crippen LogP contribution in [0.15, 0.2) is 82.0 Å². The van der Waals surface area contributed by atoms with Crippen molar-refractivity contribution in [1.82, 2.24) is 4.72 Å². The fourth-order valence-corrected chi connectivity index (χ4v) is 5.73. The average Bonchev–Trinajstić information content (AvgIpc) is 2.81. The highest BCUT2D eigenvalue weighted by Gasteiger charge is 2.11. The molecule has 1 rings (SSSR count). The van der Waals surface area contributed by atoms with Gasteiger partial charge in [-0.15, -0.1) is 0 Å². The molecule has 0 aliphatic carbocycles. The lowest BCUT2D eigenvalue weighted by atomic mass is 10.0. The summed E-state index contributed by atoms with van der Waals surface area (Å²) in [6.45, 7) is 22.3. The highest BCUT2D eigenvalue weighted by atomic mass is 32.2. The SMILES string of the molecule is C=C(/C=C\C=C(/C)CS(=O)NC(=C(C)C)/C(C)=C\C(=C/C)CC)S(=O)Nc1c(C)cc(C)cc1CC. The van der Waals surface area contributed by atoms with Gasteiger partial charge >= 0.3 is 0 Å². The highest BCUT2D eigenvalue weighted by Crippen LogP contribution is 2.25. The van der Waals surface area contributed by atoms with Crippen molar-refractivity contribution >= 4 is 27.7 Å². The van der Waals surface area contributed by atoms with Gasteiger partial charge in [0.05, 0.1) is 16.3 Å². The molecule has 36 heavy (non-hydrogen) atoms. The molecule has 1 aromatic rings. The van der Waals surface area contributed by atoms with Gasteiger partial charge in [0.25, 0.3) is 0 Å². The lowest BCUT2D eigenvalue weighted by molar-refractivity contribution is 0.679. The van der Waals surface area contributed by atoms with Crippen LogP contribution in [-0.4, -0.2) is 14.2 Å². The first-order chi connectivity index (χ1) is 16.9. The Labute approximate surface area is 224 Å². The van der Waals surface area contributed by atoms with Crippen LogP contribution in [-0.2, 0) is 28.4 Å². The molecule has 6 heteroatoms. The number of nitrogens with one attached hydrogen (secondary N) is 2. The van der Waals surface area contributed by atoms with Crippen LogP contribution in [0, 0.1) is 13.8 Å². The van der Waals surface area contributed by atoms with Gasteiger partial charge in [0, 0.05) is 5.70 Å². The van der Waals surface area contributed by atoms with Gasteiger partial charge in [-0.05, 0) is 84.1 Å². The summed E-state index contributed by atoms with van der Waals surface area (Å²) >= 11 is 0. The summed E-state index contributed by atoms with van der Waals surface area (Å²) in [4.78, 5) is 0.476. The zero-order valence-corrected chi connectivity index (χ0v) is 25.1. The Morgan fingerprint density at radius 1 is 1.08 bits per heavy atom. The van der Waals surface area contributed by atoms with E-state index < -0.39 is 22.0 Å². The molecule has 0 aliphatic heterocycles.